The van der Waals surface area contributed by atoms with Crippen molar-refractivity contribution in [2.24, 2.45) is 0 Å². The lowest BCUT2D eigenvalue weighted by atomic mass is 10.0. The second kappa shape index (κ2) is 6.15. The lowest BCUT2D eigenvalue weighted by Gasteiger charge is -2.48. The van der Waals surface area contributed by atoms with E-state index in [0.29, 0.717) is 0 Å². The molecule has 0 atom stereocenters. The first-order valence-electron chi connectivity index (χ1n) is 7.98. The summed E-state index contributed by atoms with van der Waals surface area (Å²) in [5.41, 5.74) is 2.59. The van der Waals surface area contributed by atoms with E-state index in [1.807, 2.05) is 0 Å². The predicted octanol–water partition coefficient (Wildman–Crippen LogP) is 5.66. The molecule has 0 spiro atoms. The van der Waals surface area contributed by atoms with Crippen LogP contribution in [-0.2, 0) is 9.65 Å². The van der Waals surface area contributed by atoms with Gasteiger partial charge in [-0.3, -0.25) is 0 Å². The van der Waals surface area contributed by atoms with E-state index in [4.69, 9.17) is 4.43 Å². The molecule has 0 amide bonds. The van der Waals surface area contributed by atoms with Gasteiger partial charge in [0.05, 0.1) is 13.3 Å². The van der Waals surface area contributed by atoms with Crippen LogP contribution in [0.1, 0.15) is 11.1 Å². The molecule has 2 aromatic carbocycles. The lowest BCUT2D eigenvalue weighted by molar-refractivity contribution is 0.179. The van der Waals surface area contributed by atoms with Crippen LogP contribution in [0.4, 0.5) is 0 Å². The van der Waals surface area contributed by atoms with Gasteiger partial charge < -0.3 is 4.43 Å². The summed E-state index contributed by atoms with van der Waals surface area (Å²) in [5.74, 6) is 0. The van der Waals surface area contributed by atoms with Crippen molar-refractivity contribution in [3.05, 3.63) is 71.8 Å². The molecular weight excluding hydrogens is 300 g/mol. The number of hydrogen-bond acceptors (Lipinski definition) is 1. The van der Waals surface area contributed by atoms with E-state index in [2.05, 4.69) is 99.9 Å². The van der Waals surface area contributed by atoms with Crippen molar-refractivity contribution in [1.29, 1.82) is 0 Å². The van der Waals surface area contributed by atoms with Gasteiger partial charge in [0.25, 0.3) is 0 Å². The SMILES string of the molecule is C[Si](C)(C)OC(c1ccccc1)(c1ccccc1)[Si](C)(C)C. The fourth-order valence-electron chi connectivity index (χ4n) is 3.11. The highest BCUT2D eigenvalue weighted by molar-refractivity contribution is 6.81. The van der Waals surface area contributed by atoms with Crippen LogP contribution >= 0.6 is 0 Å². The molecule has 0 aromatic heterocycles. The Kier molecular flexibility index (Phi) is 4.80. The van der Waals surface area contributed by atoms with Gasteiger partial charge in [-0.2, -0.15) is 0 Å². The molecule has 2 rings (SSSR count). The molecule has 0 bridgehead atoms. The third kappa shape index (κ3) is 3.42. The molecule has 0 aliphatic carbocycles. The molecule has 0 heterocycles. The molecular formula is C19H28OSi2. The number of benzene rings is 2. The summed E-state index contributed by atoms with van der Waals surface area (Å²) in [5, 5.41) is -0.292. The van der Waals surface area contributed by atoms with Gasteiger partial charge in [0.1, 0.15) is 0 Å². The van der Waals surface area contributed by atoms with Gasteiger partial charge in [0.2, 0.25) is 0 Å². The Labute approximate surface area is 137 Å². The number of rotatable bonds is 5. The lowest BCUT2D eigenvalue weighted by Crippen LogP contribution is -2.56. The van der Waals surface area contributed by atoms with Crippen LogP contribution in [0.25, 0.3) is 0 Å². The van der Waals surface area contributed by atoms with Crippen molar-refractivity contribution in [1.82, 2.24) is 0 Å². The minimum Gasteiger partial charge on any atom is -0.407 e. The smallest absolute Gasteiger partial charge is 0.185 e. The Hall–Kier alpha value is -1.17. The second-order valence-electron chi connectivity index (χ2n) is 7.88. The average Bonchev–Trinajstić information content (AvgIpc) is 2.44. The van der Waals surface area contributed by atoms with E-state index in [9.17, 15) is 0 Å². The van der Waals surface area contributed by atoms with Crippen LogP contribution in [0, 0.1) is 0 Å². The first kappa shape index (κ1) is 17.2. The zero-order chi connectivity index (χ0) is 16.4. The summed E-state index contributed by atoms with van der Waals surface area (Å²) >= 11 is 0. The molecule has 22 heavy (non-hydrogen) atoms. The van der Waals surface area contributed by atoms with Crippen molar-refractivity contribution in [3.8, 4) is 0 Å². The molecule has 0 N–H and O–H groups in total. The molecule has 0 saturated heterocycles. The van der Waals surface area contributed by atoms with Gasteiger partial charge in [-0.25, -0.2) is 0 Å². The van der Waals surface area contributed by atoms with E-state index in [-0.39, 0.29) is 5.22 Å². The van der Waals surface area contributed by atoms with Crippen molar-refractivity contribution >= 4 is 16.4 Å². The third-order valence-electron chi connectivity index (χ3n) is 3.88. The second-order valence-corrected chi connectivity index (χ2v) is 17.5. The van der Waals surface area contributed by atoms with Gasteiger partial charge in [0, 0.05) is 0 Å². The summed E-state index contributed by atoms with van der Waals surface area (Å²) in [7, 11) is -3.45. The van der Waals surface area contributed by atoms with Crippen molar-refractivity contribution in [2.45, 2.75) is 44.5 Å². The van der Waals surface area contributed by atoms with Crippen LogP contribution in [0.2, 0.25) is 39.3 Å². The summed E-state index contributed by atoms with van der Waals surface area (Å²) in [6.45, 7) is 14.1. The van der Waals surface area contributed by atoms with Gasteiger partial charge in [-0.15, -0.1) is 0 Å². The molecule has 0 saturated carbocycles. The fraction of sp³-hybridized carbons (Fsp3) is 0.368. The summed E-state index contributed by atoms with van der Waals surface area (Å²) in [4.78, 5) is 0. The Morgan fingerprint density at radius 1 is 0.636 bits per heavy atom. The first-order chi connectivity index (χ1) is 10.2. The monoisotopic (exact) mass is 328 g/mol. The summed E-state index contributed by atoms with van der Waals surface area (Å²) in [6, 6.07) is 21.6. The number of hydrogen-bond donors (Lipinski definition) is 0. The summed E-state index contributed by atoms with van der Waals surface area (Å²) < 4.78 is 6.96. The van der Waals surface area contributed by atoms with Gasteiger partial charge in [-0.1, -0.05) is 80.3 Å². The molecule has 118 valence electrons. The summed E-state index contributed by atoms with van der Waals surface area (Å²) in [6.07, 6.45) is 0. The van der Waals surface area contributed by atoms with Gasteiger partial charge >= 0.3 is 0 Å². The quantitative estimate of drug-likeness (QED) is 0.644. The van der Waals surface area contributed by atoms with E-state index >= 15 is 0 Å². The molecule has 0 unspecified atom stereocenters. The zero-order valence-electron chi connectivity index (χ0n) is 14.7. The van der Waals surface area contributed by atoms with E-state index in [1.165, 1.54) is 11.1 Å². The van der Waals surface area contributed by atoms with Gasteiger partial charge in [0.15, 0.2) is 8.32 Å². The Bertz CT molecular complexity index is 555. The molecule has 3 heteroatoms. The van der Waals surface area contributed by atoms with E-state index < -0.39 is 16.4 Å². The predicted molar refractivity (Wildman–Crippen MR) is 101 cm³/mol. The van der Waals surface area contributed by atoms with Gasteiger partial charge in [-0.05, 0) is 30.8 Å². The highest BCUT2D eigenvalue weighted by Crippen LogP contribution is 2.43. The van der Waals surface area contributed by atoms with Crippen LogP contribution in [0.5, 0.6) is 0 Å². The normalized spacial score (nSPS) is 13.2. The Balaban J connectivity index is 2.76. The molecule has 0 aliphatic heterocycles. The Morgan fingerprint density at radius 2 is 1.00 bits per heavy atom. The van der Waals surface area contributed by atoms with E-state index in [0.717, 1.165) is 0 Å². The molecule has 0 aliphatic rings. The third-order valence-corrected chi connectivity index (χ3v) is 7.79. The van der Waals surface area contributed by atoms with Crippen LogP contribution < -0.4 is 0 Å². The van der Waals surface area contributed by atoms with Crippen LogP contribution in [0.3, 0.4) is 0 Å². The maximum Gasteiger partial charge on any atom is 0.185 e. The van der Waals surface area contributed by atoms with Crippen LogP contribution in [0.15, 0.2) is 60.7 Å². The first-order valence-corrected chi connectivity index (χ1v) is 14.9. The maximum absolute atomic E-state index is 6.96. The fourth-order valence-corrected chi connectivity index (χ4v) is 8.47. The van der Waals surface area contributed by atoms with Crippen LogP contribution in [-0.4, -0.2) is 16.4 Å². The molecule has 2 aromatic rings. The minimum absolute atomic E-state index is 0.292. The standard InChI is InChI=1S/C19H28OSi2/c1-21(2,3)19(20-22(4,5)6,17-13-9-7-10-14-17)18-15-11-8-12-16-18/h7-16H,1-6H3. The average molecular weight is 329 g/mol. The van der Waals surface area contributed by atoms with Crippen molar-refractivity contribution in [2.75, 3.05) is 0 Å². The van der Waals surface area contributed by atoms with E-state index in [1.54, 1.807) is 0 Å². The molecule has 0 fully saturated rings. The highest BCUT2D eigenvalue weighted by Gasteiger charge is 2.49. The molecule has 1 nitrogen and oxygen atoms in total. The van der Waals surface area contributed by atoms with Crippen molar-refractivity contribution < 1.29 is 4.43 Å². The largest absolute Gasteiger partial charge is 0.407 e. The minimum atomic E-state index is -1.73. The topological polar surface area (TPSA) is 9.23 Å². The highest BCUT2D eigenvalue weighted by atomic mass is 28.4. The molecule has 0 radical (unpaired) electrons. The Morgan fingerprint density at radius 3 is 1.27 bits per heavy atom. The van der Waals surface area contributed by atoms with Crippen molar-refractivity contribution in [3.63, 3.8) is 0 Å². The maximum atomic E-state index is 6.96. The zero-order valence-corrected chi connectivity index (χ0v) is 16.7.